The summed E-state index contributed by atoms with van der Waals surface area (Å²) < 4.78 is 0. The van der Waals surface area contributed by atoms with E-state index in [2.05, 4.69) is 35.5 Å². The summed E-state index contributed by atoms with van der Waals surface area (Å²) in [6.07, 6.45) is 14.0. The normalized spacial score (nSPS) is 14.2. The predicted octanol–water partition coefficient (Wildman–Crippen LogP) is 5.54. The Bertz CT molecular complexity index is 1800. The highest BCUT2D eigenvalue weighted by atomic mass is 16.1. The zero-order chi connectivity index (χ0) is 26.2. The first-order chi connectivity index (χ1) is 19.2. The fourth-order valence-electron chi connectivity index (χ4n) is 5.24. The fourth-order valence-corrected chi connectivity index (χ4v) is 5.24. The van der Waals surface area contributed by atoms with Gasteiger partial charge in [0.05, 0.1) is 40.5 Å². The fraction of sp³-hybridized carbons (Fsp3) is 0.207. The predicted molar refractivity (Wildman–Crippen MR) is 148 cm³/mol. The molecule has 192 valence electrons. The van der Waals surface area contributed by atoms with Gasteiger partial charge < -0.3 is 10.3 Å². The van der Waals surface area contributed by atoms with Crippen molar-refractivity contribution in [1.82, 2.24) is 40.1 Å². The van der Waals surface area contributed by atoms with Gasteiger partial charge in [-0.1, -0.05) is 25.3 Å². The number of carbonyl (C=O) groups is 1. The third-order valence-electron chi connectivity index (χ3n) is 7.24. The first-order valence-electron chi connectivity index (χ1n) is 13.1. The molecule has 6 aromatic heterocycles. The maximum atomic E-state index is 12.8. The second-order valence-corrected chi connectivity index (χ2v) is 9.83. The molecule has 1 amide bonds. The van der Waals surface area contributed by atoms with Crippen LogP contribution < -0.4 is 5.32 Å². The van der Waals surface area contributed by atoms with E-state index in [1.54, 1.807) is 31.0 Å². The number of pyridine rings is 4. The zero-order valence-electron chi connectivity index (χ0n) is 21.1. The first-order valence-corrected chi connectivity index (χ1v) is 13.1. The molecule has 10 heteroatoms. The van der Waals surface area contributed by atoms with Crippen molar-refractivity contribution in [3.8, 4) is 34.0 Å². The molecular weight excluding hydrogens is 490 g/mol. The first kappa shape index (κ1) is 23.2. The summed E-state index contributed by atoms with van der Waals surface area (Å²) in [4.78, 5) is 39.1. The number of H-pyrrole nitrogens is 2. The van der Waals surface area contributed by atoms with Crippen molar-refractivity contribution in [1.29, 1.82) is 0 Å². The molecule has 0 unspecified atom stereocenters. The van der Waals surface area contributed by atoms with E-state index in [1.807, 2.05) is 36.4 Å². The van der Waals surface area contributed by atoms with Gasteiger partial charge in [0, 0.05) is 35.6 Å². The van der Waals surface area contributed by atoms with Crippen LogP contribution in [0.3, 0.4) is 0 Å². The van der Waals surface area contributed by atoms with Crippen molar-refractivity contribution in [2.24, 2.45) is 5.92 Å². The number of aromatic amines is 2. The Hall–Kier alpha value is -4.99. The minimum absolute atomic E-state index is 0.0682. The van der Waals surface area contributed by atoms with Gasteiger partial charge in [0.15, 0.2) is 11.5 Å². The van der Waals surface area contributed by atoms with Crippen molar-refractivity contribution in [3.05, 3.63) is 67.4 Å². The van der Waals surface area contributed by atoms with E-state index in [0.29, 0.717) is 22.7 Å². The maximum absolute atomic E-state index is 12.8. The SMILES string of the molecule is O=C(Nc1cncc(-c2ccc3[nH]nc(-c4nc5c(-c6ccccn6)cncc5[nH]4)c3n2)c1)C1CCCCC1. The smallest absolute Gasteiger partial charge is 0.227 e. The summed E-state index contributed by atoms with van der Waals surface area (Å²) in [7, 11) is 0. The monoisotopic (exact) mass is 515 g/mol. The molecule has 6 aromatic rings. The van der Waals surface area contributed by atoms with Gasteiger partial charge >= 0.3 is 0 Å². The molecule has 0 saturated heterocycles. The molecule has 0 aliphatic heterocycles. The lowest BCUT2D eigenvalue weighted by Crippen LogP contribution is -2.24. The molecule has 1 aliphatic carbocycles. The molecule has 0 atom stereocenters. The summed E-state index contributed by atoms with van der Waals surface area (Å²) >= 11 is 0. The van der Waals surface area contributed by atoms with Crippen LogP contribution in [0.25, 0.3) is 56.1 Å². The second kappa shape index (κ2) is 9.71. The number of carbonyl (C=O) groups excluding carboxylic acids is 1. The van der Waals surface area contributed by atoms with Crippen LogP contribution in [0.5, 0.6) is 0 Å². The maximum Gasteiger partial charge on any atom is 0.227 e. The van der Waals surface area contributed by atoms with Gasteiger partial charge in [0.2, 0.25) is 5.91 Å². The summed E-state index contributed by atoms with van der Waals surface area (Å²) in [5, 5.41) is 10.6. The third kappa shape index (κ3) is 4.39. The molecule has 0 aromatic carbocycles. The molecule has 10 nitrogen and oxygen atoms in total. The highest BCUT2D eigenvalue weighted by Crippen LogP contribution is 2.31. The van der Waals surface area contributed by atoms with E-state index in [0.717, 1.165) is 64.7 Å². The van der Waals surface area contributed by atoms with E-state index < -0.39 is 0 Å². The lowest BCUT2D eigenvalue weighted by atomic mass is 9.88. The molecular formula is C29H25N9O. The minimum atomic E-state index is 0.0682. The number of imidazole rings is 1. The Morgan fingerprint density at radius 1 is 0.872 bits per heavy atom. The third-order valence-corrected chi connectivity index (χ3v) is 7.24. The Morgan fingerprint density at radius 3 is 2.64 bits per heavy atom. The summed E-state index contributed by atoms with van der Waals surface area (Å²) in [6.45, 7) is 0. The van der Waals surface area contributed by atoms with Gasteiger partial charge in [-0.15, -0.1) is 0 Å². The van der Waals surface area contributed by atoms with Crippen molar-refractivity contribution in [2.75, 3.05) is 5.32 Å². The summed E-state index contributed by atoms with van der Waals surface area (Å²) in [5.74, 6) is 0.721. The number of hydrogen-bond donors (Lipinski definition) is 3. The number of aromatic nitrogens is 8. The van der Waals surface area contributed by atoms with Crippen LogP contribution in [0.15, 0.2) is 67.4 Å². The van der Waals surface area contributed by atoms with Crippen LogP contribution in [-0.2, 0) is 4.79 Å². The van der Waals surface area contributed by atoms with Crippen molar-refractivity contribution < 1.29 is 4.79 Å². The number of amides is 1. The van der Waals surface area contributed by atoms with E-state index in [1.165, 1.54) is 6.42 Å². The Balaban J connectivity index is 1.23. The van der Waals surface area contributed by atoms with Gasteiger partial charge in [-0.2, -0.15) is 5.10 Å². The quantitative estimate of drug-likeness (QED) is 0.274. The van der Waals surface area contributed by atoms with E-state index in [-0.39, 0.29) is 11.8 Å². The molecule has 7 rings (SSSR count). The molecule has 6 heterocycles. The number of anilines is 1. The van der Waals surface area contributed by atoms with Gasteiger partial charge in [0.25, 0.3) is 0 Å². The average Bonchev–Trinajstić information content (AvgIpc) is 3.62. The number of rotatable bonds is 5. The number of nitrogens with one attached hydrogen (secondary N) is 3. The molecule has 0 radical (unpaired) electrons. The van der Waals surface area contributed by atoms with Crippen LogP contribution in [0.4, 0.5) is 5.69 Å². The van der Waals surface area contributed by atoms with Gasteiger partial charge in [-0.25, -0.2) is 9.97 Å². The zero-order valence-corrected chi connectivity index (χ0v) is 21.1. The van der Waals surface area contributed by atoms with Crippen LogP contribution in [0.2, 0.25) is 0 Å². The molecule has 1 saturated carbocycles. The standard InChI is InChI=1S/C29H25N9O/c39-29(17-6-2-1-3-7-17)33-19-12-18(13-30-14-19)21-9-10-23-26(34-21)27(38-37-23)28-35-24-16-31-15-20(25(24)36-28)22-8-4-5-11-32-22/h4-5,8-17H,1-3,6-7H2,(H,33,39)(H,35,36)(H,37,38). The average molecular weight is 516 g/mol. The van der Waals surface area contributed by atoms with E-state index in [9.17, 15) is 4.79 Å². The van der Waals surface area contributed by atoms with E-state index in [4.69, 9.17) is 9.97 Å². The molecule has 1 fully saturated rings. The molecule has 0 spiro atoms. The molecule has 39 heavy (non-hydrogen) atoms. The highest BCUT2D eigenvalue weighted by Gasteiger charge is 2.22. The van der Waals surface area contributed by atoms with Crippen molar-refractivity contribution >= 4 is 33.7 Å². The topological polar surface area (TPSA) is 138 Å². The number of fused-ring (bicyclic) bond motifs is 2. The Kier molecular flexibility index (Phi) is 5.77. The van der Waals surface area contributed by atoms with Crippen molar-refractivity contribution in [2.45, 2.75) is 32.1 Å². The second-order valence-electron chi connectivity index (χ2n) is 9.83. The van der Waals surface area contributed by atoms with Gasteiger partial charge in [-0.3, -0.25) is 24.8 Å². The van der Waals surface area contributed by atoms with Crippen LogP contribution in [0, 0.1) is 5.92 Å². The molecule has 0 bridgehead atoms. The van der Waals surface area contributed by atoms with Gasteiger partial charge in [-0.05, 0) is 43.2 Å². The summed E-state index contributed by atoms with van der Waals surface area (Å²) in [6, 6.07) is 11.5. The van der Waals surface area contributed by atoms with Gasteiger partial charge in [0.1, 0.15) is 11.0 Å². The number of hydrogen-bond acceptors (Lipinski definition) is 7. The van der Waals surface area contributed by atoms with E-state index >= 15 is 0 Å². The largest absolute Gasteiger partial charge is 0.335 e. The lowest BCUT2D eigenvalue weighted by Gasteiger charge is -2.20. The minimum Gasteiger partial charge on any atom is -0.335 e. The van der Waals surface area contributed by atoms with Crippen LogP contribution in [-0.4, -0.2) is 46.0 Å². The lowest BCUT2D eigenvalue weighted by molar-refractivity contribution is -0.120. The molecule has 1 aliphatic rings. The molecule has 3 N–H and O–H groups in total. The highest BCUT2D eigenvalue weighted by molar-refractivity contribution is 5.96. The Labute approximate surface area is 223 Å². The summed E-state index contributed by atoms with van der Waals surface area (Å²) in [5.41, 5.74) is 7.43. The van der Waals surface area contributed by atoms with Crippen LogP contribution >= 0.6 is 0 Å². The van der Waals surface area contributed by atoms with Crippen molar-refractivity contribution in [3.63, 3.8) is 0 Å². The number of nitrogens with zero attached hydrogens (tertiary/aromatic N) is 6. The van der Waals surface area contributed by atoms with Crippen LogP contribution in [0.1, 0.15) is 32.1 Å². The Morgan fingerprint density at radius 2 is 1.77 bits per heavy atom.